The Kier molecular flexibility index (Phi) is 6.32. The molecule has 5 aromatic rings. The van der Waals surface area contributed by atoms with Crippen molar-refractivity contribution in [2.75, 3.05) is 12.3 Å². The topological polar surface area (TPSA) is 107 Å². The van der Waals surface area contributed by atoms with Crippen molar-refractivity contribution in [2.45, 2.75) is 49.8 Å². The second kappa shape index (κ2) is 10.0. The van der Waals surface area contributed by atoms with Gasteiger partial charge in [-0.1, -0.05) is 91.0 Å². The maximum absolute atomic E-state index is 7.09. The zero-order valence-electron chi connectivity index (χ0n) is 22.8. The lowest BCUT2D eigenvalue weighted by molar-refractivity contribution is -0.204. The summed E-state index contributed by atoms with van der Waals surface area (Å²) >= 11 is 0. The van der Waals surface area contributed by atoms with Crippen LogP contribution in [0, 0.1) is 0 Å². The molecule has 208 valence electrons. The molecule has 2 aliphatic heterocycles. The molecule has 0 bridgehead atoms. The van der Waals surface area contributed by atoms with Crippen LogP contribution in [0.3, 0.4) is 0 Å². The fourth-order valence-electron chi connectivity index (χ4n) is 6.05. The third kappa shape index (κ3) is 4.38. The van der Waals surface area contributed by atoms with Gasteiger partial charge in [0.25, 0.3) is 0 Å². The zero-order chi connectivity index (χ0) is 28.0. The van der Waals surface area contributed by atoms with Crippen LogP contribution in [0.2, 0.25) is 0 Å². The Hall–Kier alpha value is -4.15. The molecule has 41 heavy (non-hydrogen) atoms. The minimum Gasteiger partial charge on any atom is -0.382 e. The van der Waals surface area contributed by atoms with Crippen molar-refractivity contribution in [1.82, 2.24) is 19.5 Å². The molecule has 2 fully saturated rings. The van der Waals surface area contributed by atoms with E-state index in [0.717, 1.165) is 16.7 Å². The first kappa shape index (κ1) is 25.8. The summed E-state index contributed by atoms with van der Waals surface area (Å²) in [5, 5.41) is 0. The van der Waals surface area contributed by atoms with E-state index in [1.54, 1.807) is 6.33 Å². The standard InChI is InChI=1S/C32H31N5O4/c1-31(2)40-26-24(39-30(27(26)41-31)37-20-36-25-28(33)34-19-35-29(25)37)18-38-32(21-12-6-3-7-13-21,22-14-8-4-9-15-22)23-16-10-5-11-17-23/h3-17,19-20,24,26-27,30H,18H2,1-2H3,(H2,33,34,35)/t24-,26+,27-,30+/m1/s1. The van der Waals surface area contributed by atoms with Crippen molar-refractivity contribution >= 4 is 17.0 Å². The Morgan fingerprint density at radius 1 is 0.805 bits per heavy atom. The van der Waals surface area contributed by atoms with Crippen molar-refractivity contribution in [3.05, 3.63) is 120 Å². The number of ether oxygens (including phenoxy) is 4. The van der Waals surface area contributed by atoms with Gasteiger partial charge >= 0.3 is 0 Å². The quantitative estimate of drug-likeness (QED) is 0.288. The summed E-state index contributed by atoms with van der Waals surface area (Å²) in [5.74, 6) is -0.486. The van der Waals surface area contributed by atoms with Crippen LogP contribution < -0.4 is 5.73 Å². The Balaban J connectivity index is 1.28. The fraction of sp³-hybridized carbons (Fsp3) is 0.281. The average Bonchev–Trinajstić information content (AvgIpc) is 3.67. The lowest BCUT2D eigenvalue weighted by atomic mass is 9.80. The van der Waals surface area contributed by atoms with Gasteiger partial charge in [0.05, 0.1) is 12.9 Å². The number of nitrogen functional groups attached to an aromatic ring is 1. The number of hydrogen-bond donors (Lipinski definition) is 1. The number of aromatic nitrogens is 4. The van der Waals surface area contributed by atoms with Gasteiger partial charge in [-0.2, -0.15) is 0 Å². The van der Waals surface area contributed by atoms with Crippen LogP contribution in [0.5, 0.6) is 0 Å². The van der Waals surface area contributed by atoms with E-state index >= 15 is 0 Å². The van der Waals surface area contributed by atoms with Crippen LogP contribution >= 0.6 is 0 Å². The maximum atomic E-state index is 7.09. The first-order valence-corrected chi connectivity index (χ1v) is 13.7. The first-order chi connectivity index (χ1) is 20.0. The SMILES string of the molecule is CC1(C)O[C@@H]2[C@@H](O1)[C@@H](n1cnc3c(N)ncnc31)O[C@@H]2COC(c1ccccc1)(c1ccccc1)c1ccccc1. The Morgan fingerprint density at radius 3 is 1.95 bits per heavy atom. The number of fused-ring (bicyclic) bond motifs is 2. The van der Waals surface area contributed by atoms with Crippen LogP contribution in [0.15, 0.2) is 104 Å². The molecule has 2 aromatic heterocycles. The van der Waals surface area contributed by atoms with Gasteiger partial charge < -0.3 is 24.7 Å². The van der Waals surface area contributed by atoms with Gasteiger partial charge in [-0.05, 0) is 30.5 Å². The molecule has 7 rings (SSSR count). The molecule has 0 amide bonds. The highest BCUT2D eigenvalue weighted by atomic mass is 16.8. The molecular weight excluding hydrogens is 518 g/mol. The molecule has 9 heteroatoms. The molecule has 2 N–H and O–H groups in total. The highest BCUT2D eigenvalue weighted by Gasteiger charge is 2.57. The monoisotopic (exact) mass is 549 g/mol. The third-order valence-corrected chi connectivity index (χ3v) is 7.79. The van der Waals surface area contributed by atoms with Gasteiger partial charge in [-0.25, -0.2) is 15.0 Å². The van der Waals surface area contributed by atoms with Crippen molar-refractivity contribution in [2.24, 2.45) is 0 Å². The van der Waals surface area contributed by atoms with E-state index < -0.39 is 29.8 Å². The van der Waals surface area contributed by atoms with Gasteiger partial charge in [0.1, 0.15) is 35.8 Å². The summed E-state index contributed by atoms with van der Waals surface area (Å²) in [6.07, 6.45) is 1.30. The summed E-state index contributed by atoms with van der Waals surface area (Å²) in [7, 11) is 0. The van der Waals surface area contributed by atoms with E-state index in [1.165, 1.54) is 6.33 Å². The number of rotatable bonds is 7. The zero-order valence-corrected chi connectivity index (χ0v) is 22.8. The van der Waals surface area contributed by atoms with Crippen molar-refractivity contribution in [3.8, 4) is 0 Å². The molecule has 3 aromatic carbocycles. The largest absolute Gasteiger partial charge is 0.382 e. The second-order valence-corrected chi connectivity index (χ2v) is 10.8. The number of nitrogens with two attached hydrogens (primary N) is 1. The molecule has 0 aliphatic carbocycles. The molecule has 0 unspecified atom stereocenters. The predicted octanol–water partition coefficient (Wildman–Crippen LogP) is 4.83. The van der Waals surface area contributed by atoms with E-state index in [9.17, 15) is 0 Å². The second-order valence-electron chi connectivity index (χ2n) is 10.8. The molecule has 0 saturated carbocycles. The van der Waals surface area contributed by atoms with Crippen molar-refractivity contribution < 1.29 is 18.9 Å². The van der Waals surface area contributed by atoms with Crippen LogP contribution in [0.25, 0.3) is 11.2 Å². The molecule has 2 aliphatic rings. The smallest absolute Gasteiger partial charge is 0.167 e. The van der Waals surface area contributed by atoms with E-state index in [4.69, 9.17) is 24.7 Å². The third-order valence-electron chi connectivity index (χ3n) is 7.79. The van der Waals surface area contributed by atoms with Crippen LogP contribution in [-0.4, -0.2) is 50.2 Å². The van der Waals surface area contributed by atoms with Gasteiger partial charge in [-0.15, -0.1) is 0 Å². The van der Waals surface area contributed by atoms with Crippen LogP contribution in [-0.2, 0) is 24.5 Å². The van der Waals surface area contributed by atoms with Crippen LogP contribution in [0.4, 0.5) is 5.82 Å². The number of anilines is 1. The van der Waals surface area contributed by atoms with Gasteiger partial charge in [-0.3, -0.25) is 4.57 Å². The summed E-state index contributed by atoms with van der Waals surface area (Å²) in [6.45, 7) is 4.06. The maximum Gasteiger partial charge on any atom is 0.167 e. The van der Waals surface area contributed by atoms with E-state index in [2.05, 4.69) is 51.4 Å². The van der Waals surface area contributed by atoms with Crippen LogP contribution in [0.1, 0.15) is 36.8 Å². The fourth-order valence-corrected chi connectivity index (χ4v) is 6.05. The highest BCUT2D eigenvalue weighted by molar-refractivity contribution is 5.81. The Bertz CT molecular complexity index is 1550. The lowest BCUT2D eigenvalue weighted by Crippen LogP contribution is -2.39. The lowest BCUT2D eigenvalue weighted by Gasteiger charge is -2.37. The van der Waals surface area contributed by atoms with Gasteiger partial charge in [0.2, 0.25) is 0 Å². The summed E-state index contributed by atoms with van der Waals surface area (Å²) < 4.78 is 28.4. The molecule has 9 nitrogen and oxygen atoms in total. The normalized spacial score (nSPS) is 23.6. The number of hydrogen-bond acceptors (Lipinski definition) is 8. The molecule has 4 heterocycles. The molecular formula is C32H31N5O4. The number of benzene rings is 3. The van der Waals surface area contributed by atoms with E-state index in [1.807, 2.05) is 73.0 Å². The summed E-state index contributed by atoms with van der Waals surface area (Å²) in [5.41, 5.74) is 9.30. The summed E-state index contributed by atoms with van der Waals surface area (Å²) in [4.78, 5) is 12.9. The summed E-state index contributed by atoms with van der Waals surface area (Å²) in [6, 6.07) is 30.8. The van der Waals surface area contributed by atoms with Crippen molar-refractivity contribution in [3.63, 3.8) is 0 Å². The van der Waals surface area contributed by atoms with Gasteiger partial charge in [0, 0.05) is 0 Å². The minimum absolute atomic E-state index is 0.236. The van der Waals surface area contributed by atoms with Crippen molar-refractivity contribution in [1.29, 1.82) is 0 Å². The minimum atomic E-state index is -0.890. The molecule has 0 radical (unpaired) electrons. The molecule has 2 saturated heterocycles. The Labute approximate surface area is 237 Å². The first-order valence-electron chi connectivity index (χ1n) is 13.7. The van der Waals surface area contributed by atoms with E-state index in [-0.39, 0.29) is 12.7 Å². The number of nitrogens with zero attached hydrogens (tertiary/aromatic N) is 4. The molecule has 4 atom stereocenters. The molecule has 0 spiro atoms. The predicted molar refractivity (Wildman–Crippen MR) is 153 cm³/mol. The number of imidazole rings is 1. The van der Waals surface area contributed by atoms with E-state index in [0.29, 0.717) is 17.0 Å². The Morgan fingerprint density at radius 2 is 1.37 bits per heavy atom. The van der Waals surface area contributed by atoms with Gasteiger partial charge in [0.15, 0.2) is 23.5 Å². The highest BCUT2D eigenvalue weighted by Crippen LogP contribution is 2.46. The average molecular weight is 550 g/mol.